The van der Waals surface area contributed by atoms with Gasteiger partial charge in [0.15, 0.2) is 0 Å². The molecule has 1 fully saturated rings. The van der Waals surface area contributed by atoms with Gasteiger partial charge in [-0.25, -0.2) is 0 Å². The van der Waals surface area contributed by atoms with Crippen molar-refractivity contribution in [2.45, 2.75) is 13.0 Å². The van der Waals surface area contributed by atoms with Crippen molar-refractivity contribution >= 4 is 51.5 Å². The van der Waals surface area contributed by atoms with Crippen molar-refractivity contribution in [2.24, 2.45) is 0 Å². The van der Waals surface area contributed by atoms with Crippen molar-refractivity contribution in [3.63, 3.8) is 0 Å². The first-order chi connectivity index (χ1) is 9.47. The van der Waals surface area contributed by atoms with Crippen LogP contribution in [0.4, 0.5) is 0 Å². The molecule has 0 radical (unpaired) electrons. The van der Waals surface area contributed by atoms with Gasteiger partial charge < -0.3 is 15.1 Å². The van der Waals surface area contributed by atoms with E-state index in [0.717, 1.165) is 10.3 Å². The molecule has 1 aliphatic heterocycles. The highest BCUT2D eigenvalue weighted by atomic mass is 79.9. The van der Waals surface area contributed by atoms with Gasteiger partial charge in [0.05, 0.1) is 15.2 Å². The Morgan fingerprint density at radius 2 is 2.24 bits per heavy atom. The van der Waals surface area contributed by atoms with Crippen LogP contribution in [0.5, 0.6) is 0 Å². The van der Waals surface area contributed by atoms with E-state index in [1.165, 1.54) is 16.2 Å². The van der Waals surface area contributed by atoms with Gasteiger partial charge in [-0.3, -0.25) is 9.59 Å². The molecule has 1 unspecified atom stereocenters. The van der Waals surface area contributed by atoms with Crippen molar-refractivity contribution in [3.05, 3.63) is 20.8 Å². The number of thiophene rings is 1. The number of carbonyl (C=O) groups excluding carboxylic acids is 2. The summed E-state index contributed by atoms with van der Waals surface area (Å²) in [4.78, 5) is 28.3. The molecule has 0 aromatic carbocycles. The van der Waals surface area contributed by atoms with Crippen LogP contribution >= 0.6 is 39.7 Å². The van der Waals surface area contributed by atoms with Gasteiger partial charge in [0, 0.05) is 32.7 Å². The predicted octanol–water partition coefficient (Wildman–Crippen LogP) is 1.82. The van der Waals surface area contributed by atoms with Crippen LogP contribution in [0.25, 0.3) is 0 Å². The zero-order chi connectivity index (χ0) is 14.7. The number of nitrogens with one attached hydrogen (secondary N) is 1. The first kappa shape index (κ1) is 18.4. The van der Waals surface area contributed by atoms with Gasteiger partial charge in [-0.1, -0.05) is 0 Å². The van der Waals surface area contributed by atoms with Crippen molar-refractivity contribution in [3.8, 4) is 0 Å². The fourth-order valence-electron chi connectivity index (χ4n) is 2.15. The highest BCUT2D eigenvalue weighted by molar-refractivity contribution is 9.11. The molecule has 0 bridgehead atoms. The quantitative estimate of drug-likeness (QED) is 0.848. The Hall–Kier alpha value is -0.630. The lowest BCUT2D eigenvalue weighted by atomic mass is 10.2. The Morgan fingerprint density at radius 3 is 2.81 bits per heavy atom. The van der Waals surface area contributed by atoms with Crippen LogP contribution in [0.15, 0.2) is 15.9 Å². The maximum Gasteiger partial charge on any atom is 0.264 e. The Balaban J connectivity index is 0.00000220. The number of nitrogens with zero attached hydrogens (tertiary/aromatic N) is 2. The minimum atomic E-state index is -0.114. The minimum Gasteiger partial charge on any atom is -0.338 e. The predicted molar refractivity (Wildman–Crippen MR) is 90.3 cm³/mol. The average Bonchev–Trinajstić information content (AvgIpc) is 2.84. The lowest BCUT2D eigenvalue weighted by Gasteiger charge is -2.33. The van der Waals surface area contributed by atoms with Crippen LogP contribution in [0.3, 0.4) is 0 Å². The highest BCUT2D eigenvalue weighted by Crippen LogP contribution is 2.23. The number of hydrogen-bond donors (Lipinski definition) is 1. The molecule has 1 aliphatic rings. The lowest BCUT2D eigenvalue weighted by Crippen LogP contribution is -2.53. The molecule has 0 aliphatic carbocycles. The van der Waals surface area contributed by atoms with Crippen LogP contribution in [0, 0.1) is 0 Å². The summed E-state index contributed by atoms with van der Waals surface area (Å²) >= 11 is 4.71. The van der Waals surface area contributed by atoms with E-state index in [9.17, 15) is 9.59 Å². The molecular weight excluding hydrogens is 378 g/mol. The summed E-state index contributed by atoms with van der Waals surface area (Å²) in [6, 6.07) is 3.92. The molecule has 2 amide bonds. The van der Waals surface area contributed by atoms with E-state index in [0.29, 0.717) is 24.0 Å². The Labute approximate surface area is 143 Å². The van der Waals surface area contributed by atoms with E-state index < -0.39 is 0 Å². The summed E-state index contributed by atoms with van der Waals surface area (Å²) in [7, 11) is 1.67. The maximum atomic E-state index is 12.2. The summed E-state index contributed by atoms with van der Waals surface area (Å²) in [5.74, 6) is -0.109. The summed E-state index contributed by atoms with van der Waals surface area (Å²) in [6.07, 6.45) is 0. The van der Waals surface area contributed by atoms with Gasteiger partial charge in [0.1, 0.15) is 0 Å². The molecule has 2 heterocycles. The summed E-state index contributed by atoms with van der Waals surface area (Å²) in [6.45, 7) is 4.39. The summed E-state index contributed by atoms with van der Waals surface area (Å²) < 4.78 is 0.913. The van der Waals surface area contributed by atoms with Gasteiger partial charge >= 0.3 is 0 Å². The van der Waals surface area contributed by atoms with Gasteiger partial charge in [-0.15, -0.1) is 23.7 Å². The van der Waals surface area contributed by atoms with Crippen molar-refractivity contribution in [1.29, 1.82) is 0 Å². The second-order valence-corrected chi connectivity index (χ2v) is 7.42. The Morgan fingerprint density at radius 1 is 1.52 bits per heavy atom. The first-order valence-electron chi connectivity index (χ1n) is 6.49. The number of piperazine rings is 1. The second kappa shape index (κ2) is 8.12. The third kappa shape index (κ3) is 4.95. The average molecular weight is 397 g/mol. The smallest absolute Gasteiger partial charge is 0.264 e. The molecule has 0 spiro atoms. The van der Waals surface area contributed by atoms with E-state index in [1.807, 2.05) is 11.0 Å². The van der Waals surface area contributed by atoms with Crippen molar-refractivity contribution in [2.75, 3.05) is 33.2 Å². The fourth-order valence-corrected chi connectivity index (χ4v) is 3.53. The highest BCUT2D eigenvalue weighted by Gasteiger charge is 2.23. The molecule has 1 aromatic rings. The van der Waals surface area contributed by atoms with Gasteiger partial charge in [0.2, 0.25) is 5.91 Å². The number of halogens is 2. The summed E-state index contributed by atoms with van der Waals surface area (Å²) in [5.41, 5.74) is 0. The minimum absolute atomic E-state index is 0. The van der Waals surface area contributed by atoms with Crippen LogP contribution in [0.2, 0.25) is 0 Å². The normalized spacial score (nSPS) is 18.0. The maximum absolute atomic E-state index is 12.2. The number of likely N-dealkylation sites (N-methyl/N-ethyl adjacent to an activating group) is 1. The number of amides is 2. The van der Waals surface area contributed by atoms with Gasteiger partial charge in [-0.2, -0.15) is 0 Å². The van der Waals surface area contributed by atoms with E-state index in [2.05, 4.69) is 28.2 Å². The Kier molecular flexibility index (Phi) is 7.12. The molecule has 1 N–H and O–H groups in total. The largest absolute Gasteiger partial charge is 0.338 e. The fraction of sp³-hybridized carbons (Fsp3) is 0.538. The molecule has 1 atom stereocenters. The molecular formula is C13H19BrClN3O2S. The molecule has 1 saturated heterocycles. The molecule has 8 heteroatoms. The number of rotatable bonds is 3. The van der Waals surface area contributed by atoms with Crippen LogP contribution in [-0.2, 0) is 4.79 Å². The molecule has 21 heavy (non-hydrogen) atoms. The van der Waals surface area contributed by atoms with Crippen molar-refractivity contribution < 1.29 is 9.59 Å². The third-order valence-electron chi connectivity index (χ3n) is 3.22. The molecule has 118 valence electrons. The van der Waals surface area contributed by atoms with Crippen LogP contribution in [-0.4, -0.2) is 60.9 Å². The number of hydrogen-bond acceptors (Lipinski definition) is 4. The molecule has 1 aromatic heterocycles. The standard InChI is InChI=1S/C13H18BrN3O2S.ClH/c1-9-7-17(6-5-15-9)12(18)8-16(2)13(19)10-3-4-11(14)20-10;/h3-4,9,15H,5-8H2,1-2H3;1H. The van der Waals surface area contributed by atoms with Crippen LogP contribution < -0.4 is 5.32 Å². The third-order valence-corrected chi connectivity index (χ3v) is 4.84. The zero-order valence-electron chi connectivity index (χ0n) is 12.0. The molecule has 0 saturated carbocycles. The van der Waals surface area contributed by atoms with E-state index in [-0.39, 0.29) is 30.8 Å². The summed E-state index contributed by atoms with van der Waals surface area (Å²) in [5, 5.41) is 3.29. The Bertz CT molecular complexity index is 511. The monoisotopic (exact) mass is 395 g/mol. The van der Waals surface area contributed by atoms with Crippen molar-refractivity contribution in [1.82, 2.24) is 15.1 Å². The van der Waals surface area contributed by atoms with E-state index >= 15 is 0 Å². The van der Waals surface area contributed by atoms with E-state index in [4.69, 9.17) is 0 Å². The van der Waals surface area contributed by atoms with Gasteiger partial charge in [-0.05, 0) is 35.0 Å². The first-order valence-corrected chi connectivity index (χ1v) is 8.10. The molecule has 5 nitrogen and oxygen atoms in total. The lowest BCUT2D eigenvalue weighted by molar-refractivity contribution is -0.132. The second-order valence-electron chi connectivity index (χ2n) is 4.96. The van der Waals surface area contributed by atoms with E-state index in [1.54, 1.807) is 13.1 Å². The van der Waals surface area contributed by atoms with Gasteiger partial charge in [0.25, 0.3) is 5.91 Å². The molecule has 2 rings (SSSR count). The van der Waals surface area contributed by atoms with Crippen LogP contribution in [0.1, 0.15) is 16.6 Å². The topological polar surface area (TPSA) is 52.7 Å². The SMILES string of the molecule is CC1CN(C(=O)CN(C)C(=O)c2ccc(Br)s2)CCN1.Cl. The number of carbonyl (C=O) groups is 2. The zero-order valence-corrected chi connectivity index (χ0v) is 15.2.